The number of hydrogen-bond donors (Lipinski definition) is 3. The summed E-state index contributed by atoms with van der Waals surface area (Å²) in [5.41, 5.74) is 3.53. The summed E-state index contributed by atoms with van der Waals surface area (Å²) in [6.07, 6.45) is 7.92. The van der Waals surface area contributed by atoms with Gasteiger partial charge in [0.15, 0.2) is 0 Å². The van der Waals surface area contributed by atoms with E-state index >= 15 is 0 Å². The number of aliphatic hydroxyl groups is 1. The molecule has 2 atom stereocenters. The van der Waals surface area contributed by atoms with Gasteiger partial charge in [0.05, 0.1) is 6.61 Å². The molecule has 3 nitrogen and oxygen atoms in total. The van der Waals surface area contributed by atoms with E-state index in [2.05, 4.69) is 13.5 Å². The Bertz CT molecular complexity index is 593. The van der Waals surface area contributed by atoms with Crippen molar-refractivity contribution in [2.45, 2.75) is 58.3 Å². The fourth-order valence-electron chi connectivity index (χ4n) is 3.69. The van der Waals surface area contributed by atoms with Gasteiger partial charge in [-0.3, -0.25) is 0 Å². The zero-order valence-corrected chi connectivity index (χ0v) is 14.9. The molecule has 0 saturated carbocycles. The number of rotatable bonds is 7. The van der Waals surface area contributed by atoms with Crippen molar-refractivity contribution in [3.05, 3.63) is 47.1 Å². The largest absolute Gasteiger partial charge is 0.507 e. The van der Waals surface area contributed by atoms with Crippen LogP contribution in [-0.2, 0) is 6.42 Å². The average Bonchev–Trinajstić information content (AvgIpc) is 2.54. The number of benzene rings is 1. The Morgan fingerprint density at radius 3 is 2.42 bits per heavy atom. The van der Waals surface area contributed by atoms with E-state index in [1.165, 1.54) is 0 Å². The first-order valence-electron chi connectivity index (χ1n) is 8.98. The predicted octanol–water partition coefficient (Wildman–Crippen LogP) is 4.82. The zero-order valence-electron chi connectivity index (χ0n) is 14.9. The van der Waals surface area contributed by atoms with Gasteiger partial charge in [0.2, 0.25) is 0 Å². The maximum atomic E-state index is 10.6. The van der Waals surface area contributed by atoms with E-state index in [1.807, 2.05) is 13.0 Å². The SMILES string of the molecule is C=C(C)C1CCC(CO)=C[C@H]1c1c(O)cc(CCCCC)cc1O. The highest BCUT2D eigenvalue weighted by Gasteiger charge is 2.30. The highest BCUT2D eigenvalue weighted by atomic mass is 16.3. The number of phenolic OH excluding ortho intramolecular Hbond substituents is 2. The molecule has 1 aromatic carbocycles. The molecule has 0 fully saturated rings. The summed E-state index contributed by atoms with van der Waals surface area (Å²) >= 11 is 0. The fourth-order valence-corrected chi connectivity index (χ4v) is 3.69. The van der Waals surface area contributed by atoms with Gasteiger partial charge in [-0.05, 0) is 61.8 Å². The normalized spacial score (nSPS) is 20.7. The summed E-state index contributed by atoms with van der Waals surface area (Å²) < 4.78 is 0. The molecule has 1 aliphatic rings. The molecule has 0 amide bonds. The molecule has 0 aliphatic heterocycles. The van der Waals surface area contributed by atoms with E-state index in [0.29, 0.717) is 5.56 Å². The molecular formula is C21H30O3. The van der Waals surface area contributed by atoms with Crippen LogP contribution >= 0.6 is 0 Å². The monoisotopic (exact) mass is 330 g/mol. The summed E-state index contributed by atoms with van der Waals surface area (Å²) in [5.74, 6) is 0.326. The van der Waals surface area contributed by atoms with Crippen LogP contribution in [0.5, 0.6) is 11.5 Å². The van der Waals surface area contributed by atoms with Crippen LogP contribution in [0, 0.1) is 5.92 Å². The van der Waals surface area contributed by atoms with Crippen LogP contribution in [0.2, 0.25) is 0 Å². The third kappa shape index (κ3) is 4.21. The third-order valence-corrected chi connectivity index (χ3v) is 5.06. The van der Waals surface area contributed by atoms with E-state index in [-0.39, 0.29) is 29.9 Å². The van der Waals surface area contributed by atoms with Crippen LogP contribution in [0.15, 0.2) is 35.9 Å². The highest BCUT2D eigenvalue weighted by Crippen LogP contribution is 2.46. The zero-order chi connectivity index (χ0) is 17.7. The van der Waals surface area contributed by atoms with Crippen LogP contribution in [0.4, 0.5) is 0 Å². The van der Waals surface area contributed by atoms with E-state index in [0.717, 1.165) is 55.2 Å². The van der Waals surface area contributed by atoms with E-state index in [4.69, 9.17) is 0 Å². The lowest BCUT2D eigenvalue weighted by molar-refractivity contribution is 0.314. The van der Waals surface area contributed by atoms with Crippen molar-refractivity contribution >= 4 is 0 Å². The van der Waals surface area contributed by atoms with E-state index in [1.54, 1.807) is 12.1 Å². The first-order chi connectivity index (χ1) is 11.5. The molecule has 132 valence electrons. The summed E-state index contributed by atoms with van der Waals surface area (Å²) in [4.78, 5) is 0. The number of aryl methyl sites for hydroxylation is 1. The highest BCUT2D eigenvalue weighted by molar-refractivity contribution is 5.52. The Hall–Kier alpha value is -1.74. The molecule has 0 aromatic heterocycles. The Balaban J connectivity index is 2.36. The van der Waals surface area contributed by atoms with Gasteiger partial charge in [0, 0.05) is 11.5 Å². The van der Waals surface area contributed by atoms with Crippen LogP contribution in [0.1, 0.15) is 63.0 Å². The van der Waals surface area contributed by atoms with Crippen molar-refractivity contribution in [3.63, 3.8) is 0 Å². The Kier molecular flexibility index (Phi) is 6.50. The van der Waals surface area contributed by atoms with E-state index in [9.17, 15) is 15.3 Å². The first kappa shape index (κ1) is 18.6. The summed E-state index contributed by atoms with van der Waals surface area (Å²) in [6.45, 7) is 8.25. The van der Waals surface area contributed by atoms with Gasteiger partial charge in [0.25, 0.3) is 0 Å². The molecule has 1 unspecified atom stereocenters. The second-order valence-corrected chi connectivity index (χ2v) is 7.01. The van der Waals surface area contributed by atoms with Crippen molar-refractivity contribution in [3.8, 4) is 11.5 Å². The molecule has 24 heavy (non-hydrogen) atoms. The summed E-state index contributed by atoms with van der Waals surface area (Å²) in [5, 5.41) is 30.6. The number of hydrogen-bond acceptors (Lipinski definition) is 3. The van der Waals surface area contributed by atoms with Crippen LogP contribution in [0.3, 0.4) is 0 Å². The number of phenols is 2. The van der Waals surface area contributed by atoms with Gasteiger partial charge in [-0.15, -0.1) is 0 Å². The van der Waals surface area contributed by atoms with Gasteiger partial charge in [-0.1, -0.05) is 38.0 Å². The molecule has 0 radical (unpaired) electrons. The third-order valence-electron chi connectivity index (χ3n) is 5.06. The summed E-state index contributed by atoms with van der Waals surface area (Å²) in [7, 11) is 0. The standard InChI is InChI=1S/C21H30O3/c1-4-5-6-7-15-11-19(23)21(20(24)12-15)18-10-16(13-22)8-9-17(18)14(2)3/h10-12,17-18,22-24H,2,4-9,13H2,1,3H3/t17?,18-/m1/s1. The van der Waals surface area contributed by atoms with Gasteiger partial charge in [-0.25, -0.2) is 0 Å². The molecule has 3 heteroatoms. The number of allylic oxidation sites excluding steroid dienone is 2. The minimum absolute atomic E-state index is 0.0238. The van der Waals surface area contributed by atoms with Crippen LogP contribution in [0.25, 0.3) is 0 Å². The van der Waals surface area contributed by atoms with Crippen molar-refractivity contribution in [2.24, 2.45) is 5.92 Å². The Morgan fingerprint density at radius 2 is 1.88 bits per heavy atom. The van der Waals surface area contributed by atoms with Crippen molar-refractivity contribution < 1.29 is 15.3 Å². The topological polar surface area (TPSA) is 60.7 Å². The first-order valence-corrected chi connectivity index (χ1v) is 8.98. The van der Waals surface area contributed by atoms with Crippen molar-refractivity contribution in [1.82, 2.24) is 0 Å². The molecule has 0 bridgehead atoms. The lowest BCUT2D eigenvalue weighted by Gasteiger charge is -2.31. The van der Waals surface area contributed by atoms with Crippen LogP contribution < -0.4 is 0 Å². The summed E-state index contributed by atoms with van der Waals surface area (Å²) in [6, 6.07) is 3.56. The Morgan fingerprint density at radius 1 is 1.21 bits per heavy atom. The number of aromatic hydroxyl groups is 2. The second kappa shape index (κ2) is 8.39. The molecule has 1 aromatic rings. The van der Waals surface area contributed by atoms with Gasteiger partial charge >= 0.3 is 0 Å². The smallest absolute Gasteiger partial charge is 0.123 e. The second-order valence-electron chi connectivity index (χ2n) is 7.01. The minimum atomic E-state index is -0.136. The van der Waals surface area contributed by atoms with Crippen molar-refractivity contribution in [1.29, 1.82) is 0 Å². The van der Waals surface area contributed by atoms with Gasteiger partial charge < -0.3 is 15.3 Å². The molecule has 2 rings (SSSR count). The van der Waals surface area contributed by atoms with Crippen LogP contribution in [-0.4, -0.2) is 21.9 Å². The lowest BCUT2D eigenvalue weighted by Crippen LogP contribution is -2.18. The average molecular weight is 330 g/mol. The number of unbranched alkanes of at least 4 members (excludes halogenated alkanes) is 2. The maximum absolute atomic E-state index is 10.6. The fraction of sp³-hybridized carbons (Fsp3) is 0.524. The number of aliphatic hydroxyl groups excluding tert-OH is 1. The lowest BCUT2D eigenvalue weighted by atomic mass is 9.73. The molecule has 3 N–H and O–H groups in total. The minimum Gasteiger partial charge on any atom is -0.507 e. The molecule has 0 saturated heterocycles. The molecule has 0 spiro atoms. The quantitative estimate of drug-likeness (QED) is 0.496. The van der Waals surface area contributed by atoms with Gasteiger partial charge in [0.1, 0.15) is 11.5 Å². The van der Waals surface area contributed by atoms with Crippen molar-refractivity contribution in [2.75, 3.05) is 6.61 Å². The van der Waals surface area contributed by atoms with Gasteiger partial charge in [-0.2, -0.15) is 0 Å². The van der Waals surface area contributed by atoms with E-state index < -0.39 is 0 Å². The molecule has 0 heterocycles. The molecular weight excluding hydrogens is 300 g/mol. The Labute approximate surface area is 145 Å². The molecule has 1 aliphatic carbocycles. The maximum Gasteiger partial charge on any atom is 0.123 e. The predicted molar refractivity (Wildman–Crippen MR) is 98.4 cm³/mol.